The van der Waals surface area contributed by atoms with E-state index in [1.165, 1.54) is 41.6 Å². The van der Waals surface area contributed by atoms with E-state index in [0.717, 1.165) is 31.6 Å². The van der Waals surface area contributed by atoms with Crippen LogP contribution in [-0.4, -0.2) is 47.7 Å². The Bertz CT molecular complexity index is 894. The van der Waals surface area contributed by atoms with E-state index in [1.54, 1.807) is 6.08 Å². The monoisotopic (exact) mass is 390 g/mol. The fourth-order valence-electron chi connectivity index (χ4n) is 4.60. The lowest BCUT2D eigenvalue weighted by molar-refractivity contribution is -0.113. The Labute approximate surface area is 173 Å². The Balaban J connectivity index is 1.39. The average Bonchev–Trinajstić information content (AvgIpc) is 3.03. The van der Waals surface area contributed by atoms with E-state index in [9.17, 15) is 4.79 Å². The number of aliphatic imine (C=N–C) groups is 1. The number of likely N-dealkylation sites (N-methyl/N-ethyl adjacent to an activating group) is 1. The standard InChI is InChI=1S/C24H30N4O/c1-17-5-11-22-21(14-17)26-24(27(22)2)20-4-3-13-28(16-20)15-19-8-6-18(7-9-19)10-12-23(25)29/h5-12,20-21H,3-4,13-16H2,1-2H3,(H2,25,29). The number of likely N-dealkylation sites (tertiary alicyclic amines) is 1. The van der Waals surface area contributed by atoms with Crippen LogP contribution < -0.4 is 5.73 Å². The van der Waals surface area contributed by atoms with Crippen LogP contribution in [0.2, 0.25) is 0 Å². The molecule has 1 aromatic carbocycles. The fourth-order valence-corrected chi connectivity index (χ4v) is 4.60. The molecule has 2 atom stereocenters. The van der Waals surface area contributed by atoms with Crippen molar-refractivity contribution in [1.82, 2.24) is 9.80 Å². The smallest absolute Gasteiger partial charge is 0.241 e. The van der Waals surface area contributed by atoms with Gasteiger partial charge in [-0.25, -0.2) is 0 Å². The Hall–Kier alpha value is -2.66. The van der Waals surface area contributed by atoms with Crippen LogP contribution in [0.4, 0.5) is 0 Å². The van der Waals surface area contributed by atoms with E-state index in [2.05, 4.69) is 48.1 Å². The second-order valence-corrected chi connectivity index (χ2v) is 8.42. The molecule has 2 N–H and O–H groups in total. The SMILES string of the molecule is CC1=CC=C2C(C1)N=C(C1CCCN(Cc3ccc(C=CC(N)=O)cc3)C1)N2C. The van der Waals surface area contributed by atoms with E-state index < -0.39 is 5.91 Å². The Morgan fingerprint density at radius 3 is 2.83 bits per heavy atom. The van der Waals surface area contributed by atoms with Gasteiger partial charge in [-0.1, -0.05) is 35.9 Å². The number of fused-ring (bicyclic) bond motifs is 1. The highest BCUT2D eigenvalue weighted by molar-refractivity contribution is 5.90. The molecule has 4 rings (SSSR count). The highest BCUT2D eigenvalue weighted by Crippen LogP contribution is 2.33. The van der Waals surface area contributed by atoms with E-state index in [1.807, 2.05) is 12.1 Å². The van der Waals surface area contributed by atoms with Crippen LogP contribution in [0.25, 0.3) is 6.08 Å². The van der Waals surface area contributed by atoms with Crippen molar-refractivity contribution in [3.05, 3.63) is 64.9 Å². The first-order valence-electron chi connectivity index (χ1n) is 10.5. The van der Waals surface area contributed by atoms with Gasteiger partial charge in [0, 0.05) is 37.8 Å². The summed E-state index contributed by atoms with van der Waals surface area (Å²) < 4.78 is 0. The number of nitrogens with two attached hydrogens (primary N) is 1. The molecule has 0 aromatic heterocycles. The molecule has 3 aliphatic rings. The van der Waals surface area contributed by atoms with Gasteiger partial charge in [-0.3, -0.25) is 14.7 Å². The predicted molar refractivity (Wildman–Crippen MR) is 118 cm³/mol. The molecular formula is C24H30N4O. The quantitative estimate of drug-likeness (QED) is 0.785. The van der Waals surface area contributed by atoms with Gasteiger partial charge in [0.05, 0.1) is 6.04 Å². The summed E-state index contributed by atoms with van der Waals surface area (Å²) >= 11 is 0. The van der Waals surface area contributed by atoms with Crippen molar-refractivity contribution in [2.75, 3.05) is 20.1 Å². The molecule has 2 heterocycles. The molecule has 152 valence electrons. The van der Waals surface area contributed by atoms with Gasteiger partial charge in [0.15, 0.2) is 0 Å². The van der Waals surface area contributed by atoms with Crippen molar-refractivity contribution in [1.29, 1.82) is 0 Å². The number of amides is 1. The predicted octanol–water partition coefficient (Wildman–Crippen LogP) is 3.34. The minimum Gasteiger partial charge on any atom is -0.366 e. The van der Waals surface area contributed by atoms with Gasteiger partial charge >= 0.3 is 0 Å². The largest absolute Gasteiger partial charge is 0.366 e. The summed E-state index contributed by atoms with van der Waals surface area (Å²) in [6.07, 6.45) is 11.1. The molecule has 5 heteroatoms. The number of primary amides is 1. The lowest BCUT2D eigenvalue weighted by atomic mass is 9.95. The maximum Gasteiger partial charge on any atom is 0.241 e. The number of amidine groups is 1. The zero-order valence-corrected chi connectivity index (χ0v) is 17.3. The van der Waals surface area contributed by atoms with Crippen molar-refractivity contribution in [3.8, 4) is 0 Å². The molecule has 2 aliphatic heterocycles. The van der Waals surface area contributed by atoms with Gasteiger partial charge in [0.1, 0.15) is 5.84 Å². The molecule has 0 spiro atoms. The molecule has 0 radical (unpaired) electrons. The Morgan fingerprint density at radius 2 is 2.07 bits per heavy atom. The third-order valence-corrected chi connectivity index (χ3v) is 6.11. The van der Waals surface area contributed by atoms with Crippen molar-refractivity contribution < 1.29 is 4.79 Å². The number of carbonyl (C=O) groups is 1. The topological polar surface area (TPSA) is 61.9 Å². The highest BCUT2D eigenvalue weighted by atomic mass is 16.1. The fraction of sp³-hybridized carbons (Fsp3) is 0.417. The Morgan fingerprint density at radius 1 is 1.28 bits per heavy atom. The molecule has 0 bridgehead atoms. The van der Waals surface area contributed by atoms with Crippen LogP contribution in [0.3, 0.4) is 0 Å². The third kappa shape index (κ3) is 4.51. The van der Waals surface area contributed by atoms with Crippen molar-refractivity contribution in [3.63, 3.8) is 0 Å². The summed E-state index contributed by atoms with van der Waals surface area (Å²) in [5.41, 5.74) is 10.2. The molecule has 5 nitrogen and oxygen atoms in total. The number of allylic oxidation sites excluding steroid dienone is 2. The second-order valence-electron chi connectivity index (χ2n) is 8.42. The first-order chi connectivity index (χ1) is 14.0. The van der Waals surface area contributed by atoms with E-state index in [-0.39, 0.29) is 0 Å². The first-order valence-corrected chi connectivity index (χ1v) is 10.5. The van der Waals surface area contributed by atoms with Gasteiger partial charge in [-0.2, -0.15) is 0 Å². The van der Waals surface area contributed by atoms with E-state index >= 15 is 0 Å². The highest BCUT2D eigenvalue weighted by Gasteiger charge is 2.35. The summed E-state index contributed by atoms with van der Waals surface area (Å²) in [5.74, 6) is 1.34. The van der Waals surface area contributed by atoms with Gasteiger partial charge in [0.2, 0.25) is 5.91 Å². The first kappa shape index (κ1) is 19.6. The molecule has 2 unspecified atom stereocenters. The maximum absolute atomic E-state index is 10.9. The lowest BCUT2D eigenvalue weighted by Gasteiger charge is -2.34. The molecule has 29 heavy (non-hydrogen) atoms. The third-order valence-electron chi connectivity index (χ3n) is 6.11. The average molecular weight is 391 g/mol. The van der Waals surface area contributed by atoms with Crippen LogP contribution in [0, 0.1) is 5.92 Å². The number of rotatable bonds is 5. The second kappa shape index (κ2) is 8.37. The zero-order valence-electron chi connectivity index (χ0n) is 17.3. The molecule has 1 aromatic rings. The zero-order chi connectivity index (χ0) is 20.4. The van der Waals surface area contributed by atoms with Crippen LogP contribution in [-0.2, 0) is 11.3 Å². The lowest BCUT2D eigenvalue weighted by Crippen LogP contribution is -2.41. The number of hydrogen-bond acceptors (Lipinski definition) is 4. The van der Waals surface area contributed by atoms with Crippen LogP contribution in [0.1, 0.15) is 37.3 Å². The summed E-state index contributed by atoms with van der Waals surface area (Å²) in [5, 5.41) is 0. The van der Waals surface area contributed by atoms with Crippen molar-refractivity contribution in [2.45, 2.75) is 38.8 Å². The normalized spacial score (nSPS) is 24.9. The molecule has 1 saturated heterocycles. The minimum atomic E-state index is -0.422. The van der Waals surface area contributed by atoms with Gasteiger partial charge in [0.25, 0.3) is 0 Å². The van der Waals surface area contributed by atoms with Crippen molar-refractivity contribution in [2.24, 2.45) is 16.6 Å². The van der Waals surface area contributed by atoms with Gasteiger partial charge in [-0.15, -0.1) is 0 Å². The number of carbonyl (C=O) groups excluding carboxylic acids is 1. The number of nitrogens with zero attached hydrogens (tertiary/aromatic N) is 3. The summed E-state index contributed by atoms with van der Waals surface area (Å²) in [7, 11) is 2.18. The molecule has 1 fully saturated rings. The van der Waals surface area contributed by atoms with Crippen LogP contribution >= 0.6 is 0 Å². The summed E-state index contributed by atoms with van der Waals surface area (Å²) in [6, 6.07) is 8.67. The number of benzene rings is 1. The number of hydrogen-bond donors (Lipinski definition) is 1. The van der Waals surface area contributed by atoms with Gasteiger partial charge < -0.3 is 10.6 Å². The van der Waals surface area contributed by atoms with Gasteiger partial charge in [-0.05, 0) is 56.0 Å². The van der Waals surface area contributed by atoms with Crippen LogP contribution in [0.5, 0.6) is 0 Å². The molecule has 0 saturated carbocycles. The molecular weight excluding hydrogens is 360 g/mol. The Kier molecular flexibility index (Phi) is 5.67. The minimum absolute atomic E-state index is 0.316. The number of piperidine rings is 1. The van der Waals surface area contributed by atoms with Crippen molar-refractivity contribution >= 4 is 17.8 Å². The van der Waals surface area contributed by atoms with Crippen LogP contribution in [0.15, 0.2) is 58.8 Å². The summed E-state index contributed by atoms with van der Waals surface area (Å²) in [6.45, 7) is 5.32. The maximum atomic E-state index is 10.9. The molecule has 1 aliphatic carbocycles. The molecule has 1 amide bonds. The van der Waals surface area contributed by atoms with E-state index in [0.29, 0.717) is 12.0 Å². The van der Waals surface area contributed by atoms with E-state index in [4.69, 9.17) is 10.7 Å². The summed E-state index contributed by atoms with van der Waals surface area (Å²) in [4.78, 5) is 20.9.